The lowest BCUT2D eigenvalue weighted by molar-refractivity contribution is 0.0566. The zero-order valence-electron chi connectivity index (χ0n) is 17.6. The van der Waals surface area contributed by atoms with Crippen LogP contribution in [0.25, 0.3) is 10.9 Å². The zero-order valence-corrected chi connectivity index (χ0v) is 18.4. The summed E-state index contributed by atoms with van der Waals surface area (Å²) in [4.78, 5) is 20.2. The van der Waals surface area contributed by atoms with E-state index in [1.54, 1.807) is 0 Å². The van der Waals surface area contributed by atoms with E-state index in [9.17, 15) is 4.79 Å². The van der Waals surface area contributed by atoms with Crippen molar-refractivity contribution in [3.63, 3.8) is 0 Å². The fraction of sp³-hybridized carbons (Fsp3) is 0.154. The fourth-order valence-electron chi connectivity index (χ4n) is 3.77. The molecule has 3 aromatic carbocycles. The van der Waals surface area contributed by atoms with Crippen LogP contribution in [0.2, 0.25) is 0 Å². The van der Waals surface area contributed by atoms with Crippen LogP contribution in [-0.2, 0) is 6.54 Å². The number of likely N-dealkylation sites (tertiary alicyclic amines) is 1. The predicted molar refractivity (Wildman–Crippen MR) is 131 cm³/mol. The molecule has 0 bridgehead atoms. The summed E-state index contributed by atoms with van der Waals surface area (Å²) in [5.74, 6) is 0.0835. The number of anilines is 1. The molecule has 5 nitrogen and oxygen atoms in total. The molecule has 0 atom stereocenters. The van der Waals surface area contributed by atoms with Crippen LogP contribution in [0.3, 0.4) is 0 Å². The minimum absolute atomic E-state index is 0.0835. The number of carbonyl (C=O) groups excluding carboxylic acids is 1. The molecule has 1 aliphatic rings. The van der Waals surface area contributed by atoms with E-state index in [0.29, 0.717) is 11.6 Å². The molecular formula is C26H24N4OS. The molecule has 5 rings (SSSR count). The maximum Gasteiger partial charge on any atom is 0.253 e. The number of nitrogens with zero attached hydrogens (tertiary/aromatic N) is 2. The molecule has 2 heterocycles. The Morgan fingerprint density at radius 3 is 2.53 bits per heavy atom. The summed E-state index contributed by atoms with van der Waals surface area (Å²) in [6, 6.07) is 28.5. The molecule has 0 radical (unpaired) electrons. The topological polar surface area (TPSA) is 57.3 Å². The number of rotatable bonds is 7. The maximum absolute atomic E-state index is 12.7. The highest BCUT2D eigenvalue weighted by Gasteiger charge is 2.30. The van der Waals surface area contributed by atoms with E-state index in [2.05, 4.69) is 45.4 Å². The monoisotopic (exact) mass is 440 g/mol. The number of fused-ring (bicyclic) bond motifs is 1. The van der Waals surface area contributed by atoms with Crippen molar-refractivity contribution in [1.29, 1.82) is 0 Å². The second-order valence-electron chi connectivity index (χ2n) is 7.89. The van der Waals surface area contributed by atoms with E-state index in [1.807, 2.05) is 65.7 Å². The van der Waals surface area contributed by atoms with Gasteiger partial charge in [0, 0.05) is 48.5 Å². The summed E-state index contributed by atoms with van der Waals surface area (Å²) in [5.41, 5.74) is 3.91. The van der Waals surface area contributed by atoms with E-state index < -0.39 is 0 Å². The summed E-state index contributed by atoms with van der Waals surface area (Å²) >= 11 is 1.53. The van der Waals surface area contributed by atoms with Crippen LogP contribution in [-0.4, -0.2) is 34.9 Å². The normalized spacial score (nSPS) is 13.7. The molecule has 0 saturated carbocycles. The van der Waals surface area contributed by atoms with Gasteiger partial charge in [0.2, 0.25) is 0 Å². The molecule has 6 heteroatoms. The molecule has 1 amide bonds. The number of para-hydroxylation sites is 1. The Bertz CT molecular complexity index is 1200. The Balaban J connectivity index is 1.13. The first-order valence-electron chi connectivity index (χ1n) is 10.7. The third kappa shape index (κ3) is 4.61. The van der Waals surface area contributed by atoms with Crippen molar-refractivity contribution in [2.75, 3.05) is 17.8 Å². The van der Waals surface area contributed by atoms with E-state index in [0.717, 1.165) is 41.1 Å². The number of hydrogen-bond acceptors (Lipinski definition) is 5. The van der Waals surface area contributed by atoms with Crippen LogP contribution < -0.4 is 10.0 Å². The van der Waals surface area contributed by atoms with Crippen LogP contribution in [0.4, 0.5) is 5.69 Å². The van der Waals surface area contributed by atoms with Gasteiger partial charge >= 0.3 is 0 Å². The molecule has 32 heavy (non-hydrogen) atoms. The number of aromatic nitrogens is 1. The smallest absolute Gasteiger partial charge is 0.253 e. The Kier molecular flexibility index (Phi) is 6.05. The predicted octanol–water partition coefficient (Wildman–Crippen LogP) is 4.97. The van der Waals surface area contributed by atoms with E-state index in [-0.39, 0.29) is 5.91 Å². The lowest BCUT2D eigenvalue weighted by atomic mass is 10.1. The summed E-state index contributed by atoms with van der Waals surface area (Å²) in [6.45, 7) is 2.32. The number of hydrogen-bond donors (Lipinski definition) is 2. The van der Waals surface area contributed by atoms with Gasteiger partial charge in [-0.05, 0) is 53.9 Å². The van der Waals surface area contributed by atoms with Gasteiger partial charge in [0.25, 0.3) is 5.91 Å². The van der Waals surface area contributed by atoms with Crippen molar-refractivity contribution in [1.82, 2.24) is 15.2 Å². The van der Waals surface area contributed by atoms with Crippen molar-refractivity contribution in [3.05, 3.63) is 102 Å². The van der Waals surface area contributed by atoms with Crippen LogP contribution in [0.15, 0.2) is 96.0 Å². The quantitative estimate of drug-likeness (QED) is 0.398. The molecule has 1 aliphatic heterocycles. The first-order valence-corrected chi connectivity index (χ1v) is 11.5. The Morgan fingerprint density at radius 1 is 0.938 bits per heavy atom. The largest absolute Gasteiger partial charge is 0.335 e. The molecule has 2 N–H and O–H groups in total. The van der Waals surface area contributed by atoms with Crippen LogP contribution in [0.1, 0.15) is 15.9 Å². The number of pyridine rings is 1. The highest BCUT2D eigenvalue weighted by Crippen LogP contribution is 2.27. The average molecular weight is 441 g/mol. The molecular weight excluding hydrogens is 416 g/mol. The average Bonchev–Trinajstić information content (AvgIpc) is 2.82. The number of nitrogens with one attached hydrogen (secondary N) is 2. The van der Waals surface area contributed by atoms with E-state index in [1.165, 1.54) is 17.5 Å². The second-order valence-corrected chi connectivity index (χ2v) is 8.73. The van der Waals surface area contributed by atoms with E-state index in [4.69, 9.17) is 0 Å². The molecule has 4 aromatic rings. The van der Waals surface area contributed by atoms with Crippen LogP contribution in [0.5, 0.6) is 0 Å². The van der Waals surface area contributed by atoms with Crippen molar-refractivity contribution in [2.45, 2.75) is 17.5 Å². The van der Waals surface area contributed by atoms with Gasteiger partial charge in [-0.2, -0.15) is 0 Å². The third-order valence-electron chi connectivity index (χ3n) is 5.61. The summed E-state index contributed by atoms with van der Waals surface area (Å²) in [5, 5.41) is 4.63. The highest BCUT2D eigenvalue weighted by molar-refractivity contribution is 8.00. The Morgan fingerprint density at radius 2 is 1.72 bits per heavy atom. The van der Waals surface area contributed by atoms with Crippen LogP contribution >= 0.6 is 11.9 Å². The Hall–Kier alpha value is -3.35. The van der Waals surface area contributed by atoms with Crippen LogP contribution in [0, 0.1) is 0 Å². The van der Waals surface area contributed by atoms with Gasteiger partial charge in [0.05, 0.1) is 10.4 Å². The summed E-state index contributed by atoms with van der Waals surface area (Å²) < 4.78 is 3.36. The van der Waals surface area contributed by atoms with Gasteiger partial charge in [-0.3, -0.25) is 9.78 Å². The second kappa shape index (κ2) is 9.42. The minimum Gasteiger partial charge on any atom is -0.335 e. The maximum atomic E-state index is 12.7. The number of amides is 1. The molecule has 160 valence electrons. The Labute approximate surface area is 192 Å². The molecule has 0 spiro atoms. The minimum atomic E-state index is 0.0835. The van der Waals surface area contributed by atoms with Crippen molar-refractivity contribution in [2.24, 2.45) is 0 Å². The highest BCUT2D eigenvalue weighted by atomic mass is 32.2. The molecule has 0 unspecified atom stereocenters. The molecule has 1 fully saturated rings. The molecule has 0 aliphatic carbocycles. The van der Waals surface area contributed by atoms with Gasteiger partial charge in [-0.15, -0.1) is 0 Å². The molecule has 1 aromatic heterocycles. The van der Waals surface area contributed by atoms with Gasteiger partial charge in [0.1, 0.15) is 0 Å². The fourth-order valence-corrected chi connectivity index (χ4v) is 4.55. The van der Waals surface area contributed by atoms with E-state index >= 15 is 0 Å². The molecule has 1 saturated heterocycles. The standard InChI is InChI=1S/C26H24N4OS/c31-26(30-17-23(18-30)28-16-19-6-2-1-3-7-19)21-11-13-22(14-12-21)29-32-24-10-4-8-20-9-5-15-27-25(20)24/h1-15,23,28-29H,16-18H2. The van der Waals surface area contributed by atoms with Crippen molar-refractivity contribution in [3.8, 4) is 0 Å². The summed E-state index contributed by atoms with van der Waals surface area (Å²) in [7, 11) is 0. The van der Waals surface area contributed by atoms with Gasteiger partial charge in [-0.25, -0.2) is 0 Å². The van der Waals surface area contributed by atoms with Gasteiger partial charge < -0.3 is 14.9 Å². The lowest BCUT2D eigenvalue weighted by Gasteiger charge is -2.40. The van der Waals surface area contributed by atoms with Crippen molar-refractivity contribution >= 4 is 34.4 Å². The first kappa shape index (κ1) is 20.5. The third-order valence-corrected chi connectivity index (χ3v) is 6.50. The zero-order chi connectivity index (χ0) is 21.8. The summed E-state index contributed by atoms with van der Waals surface area (Å²) in [6.07, 6.45) is 1.81. The first-order chi connectivity index (χ1) is 15.8. The van der Waals surface area contributed by atoms with Gasteiger partial charge in [0.15, 0.2) is 0 Å². The SMILES string of the molecule is O=C(c1ccc(NSc2cccc3cccnc23)cc1)N1CC(NCc2ccccc2)C1. The number of benzene rings is 3. The number of carbonyl (C=O) groups is 1. The lowest BCUT2D eigenvalue weighted by Crippen LogP contribution is -2.59. The van der Waals surface area contributed by atoms with Gasteiger partial charge in [-0.1, -0.05) is 48.5 Å². The van der Waals surface area contributed by atoms with Crippen molar-refractivity contribution < 1.29 is 4.79 Å².